The Morgan fingerprint density at radius 2 is 1.92 bits per heavy atom. The molecule has 0 amide bonds. The first kappa shape index (κ1) is 20.1. The van der Waals surface area contributed by atoms with Crippen molar-refractivity contribution in [2.24, 2.45) is 5.10 Å². The van der Waals surface area contributed by atoms with Gasteiger partial charge in [-0.25, -0.2) is 0 Å². The molecule has 1 N–H and O–H groups in total. The molecule has 0 bridgehead atoms. The van der Waals surface area contributed by atoms with Crippen LogP contribution >= 0.6 is 45.8 Å². The highest BCUT2D eigenvalue weighted by Gasteiger charge is 2.12. The van der Waals surface area contributed by atoms with Crippen LogP contribution in [0, 0.1) is 3.57 Å². The zero-order valence-electron chi connectivity index (χ0n) is 14.1. The fourth-order valence-corrected chi connectivity index (χ4v) is 3.39. The maximum Gasteiger partial charge on any atom is 0.174 e. The Bertz CT molecular complexity index is 747. The first-order chi connectivity index (χ1) is 11.9. The molecule has 0 aliphatic rings. The van der Waals surface area contributed by atoms with Gasteiger partial charge in [0.2, 0.25) is 0 Å². The van der Waals surface area contributed by atoms with E-state index in [-0.39, 0.29) is 6.10 Å². The van der Waals surface area contributed by atoms with Gasteiger partial charge in [-0.3, -0.25) is 0 Å². The van der Waals surface area contributed by atoms with Gasteiger partial charge in [0.25, 0.3) is 0 Å². The van der Waals surface area contributed by atoms with Crippen LogP contribution in [-0.2, 0) is 6.54 Å². The SMILES string of the molecule is COc1cc(/C=N/NCc2c(Cl)cccc2Cl)cc(I)c1OC(C)C. The number of nitrogens with zero attached hydrogens (tertiary/aromatic N) is 1. The Morgan fingerprint density at radius 3 is 2.52 bits per heavy atom. The number of rotatable bonds is 7. The molecule has 0 atom stereocenters. The van der Waals surface area contributed by atoms with Crippen LogP contribution in [-0.4, -0.2) is 19.4 Å². The fourth-order valence-electron chi connectivity index (χ4n) is 2.11. The average Bonchev–Trinajstić information content (AvgIpc) is 2.55. The fraction of sp³-hybridized carbons (Fsp3) is 0.278. The molecule has 0 unspecified atom stereocenters. The Balaban J connectivity index is 2.09. The second-order valence-electron chi connectivity index (χ2n) is 5.49. The molecular formula is C18H19Cl2IN2O2. The van der Waals surface area contributed by atoms with Crippen molar-refractivity contribution < 1.29 is 9.47 Å². The molecule has 25 heavy (non-hydrogen) atoms. The van der Waals surface area contributed by atoms with E-state index in [1.165, 1.54) is 0 Å². The smallest absolute Gasteiger partial charge is 0.174 e. The Labute approximate surface area is 171 Å². The molecule has 7 heteroatoms. The van der Waals surface area contributed by atoms with E-state index in [9.17, 15) is 0 Å². The molecule has 0 aliphatic heterocycles. The summed E-state index contributed by atoms with van der Waals surface area (Å²) in [6, 6.07) is 9.28. The number of halogens is 3. The van der Waals surface area contributed by atoms with Gasteiger partial charge < -0.3 is 14.9 Å². The normalized spacial score (nSPS) is 11.2. The van der Waals surface area contributed by atoms with Crippen molar-refractivity contribution in [1.82, 2.24) is 5.43 Å². The van der Waals surface area contributed by atoms with Crippen LogP contribution in [0.3, 0.4) is 0 Å². The first-order valence-corrected chi connectivity index (χ1v) is 9.48. The number of hydrogen-bond acceptors (Lipinski definition) is 4. The molecule has 2 aromatic rings. The van der Waals surface area contributed by atoms with Crippen molar-refractivity contribution in [3.63, 3.8) is 0 Å². The van der Waals surface area contributed by atoms with Gasteiger partial charge in [0.15, 0.2) is 11.5 Å². The molecule has 0 aromatic heterocycles. The molecular weight excluding hydrogens is 474 g/mol. The lowest BCUT2D eigenvalue weighted by Gasteiger charge is -2.15. The lowest BCUT2D eigenvalue weighted by Crippen LogP contribution is -2.09. The summed E-state index contributed by atoms with van der Waals surface area (Å²) >= 11 is 14.5. The topological polar surface area (TPSA) is 42.8 Å². The molecule has 2 rings (SSSR count). The molecule has 0 radical (unpaired) electrons. The van der Waals surface area contributed by atoms with Crippen LogP contribution in [0.4, 0.5) is 0 Å². The van der Waals surface area contributed by atoms with Gasteiger partial charge in [-0.15, -0.1) is 0 Å². The van der Waals surface area contributed by atoms with E-state index in [1.54, 1.807) is 25.5 Å². The third kappa shape index (κ3) is 5.66. The summed E-state index contributed by atoms with van der Waals surface area (Å²) in [5.41, 5.74) is 4.68. The predicted molar refractivity (Wildman–Crippen MR) is 112 cm³/mol. The summed E-state index contributed by atoms with van der Waals surface area (Å²) in [5, 5.41) is 5.46. The minimum absolute atomic E-state index is 0.0731. The Hall–Kier alpha value is -1.18. The summed E-state index contributed by atoms with van der Waals surface area (Å²) in [6.07, 6.45) is 1.79. The number of hydrogen-bond donors (Lipinski definition) is 1. The van der Waals surface area contributed by atoms with E-state index in [0.717, 1.165) is 20.4 Å². The number of hydrazone groups is 1. The summed E-state index contributed by atoms with van der Waals surface area (Å²) in [7, 11) is 1.62. The molecule has 134 valence electrons. The van der Waals surface area contributed by atoms with Gasteiger partial charge >= 0.3 is 0 Å². The van der Waals surface area contributed by atoms with Crippen LogP contribution in [0.25, 0.3) is 0 Å². The van der Waals surface area contributed by atoms with E-state index in [2.05, 4.69) is 33.1 Å². The highest BCUT2D eigenvalue weighted by atomic mass is 127. The molecule has 2 aromatic carbocycles. The van der Waals surface area contributed by atoms with Crippen LogP contribution in [0.1, 0.15) is 25.0 Å². The van der Waals surface area contributed by atoms with Gasteiger partial charge in [-0.05, 0) is 66.3 Å². The van der Waals surface area contributed by atoms with Gasteiger partial charge in [0.05, 0.1) is 29.5 Å². The third-order valence-electron chi connectivity index (χ3n) is 3.23. The van der Waals surface area contributed by atoms with Gasteiger partial charge in [0, 0.05) is 15.6 Å². The van der Waals surface area contributed by atoms with E-state index >= 15 is 0 Å². The summed E-state index contributed by atoms with van der Waals surface area (Å²) < 4.78 is 12.2. The van der Waals surface area contributed by atoms with Crippen molar-refractivity contribution in [2.75, 3.05) is 7.11 Å². The monoisotopic (exact) mass is 492 g/mol. The van der Waals surface area contributed by atoms with Crippen molar-refractivity contribution in [1.29, 1.82) is 0 Å². The minimum atomic E-state index is 0.0731. The Morgan fingerprint density at radius 1 is 1.24 bits per heavy atom. The lowest BCUT2D eigenvalue weighted by molar-refractivity contribution is 0.228. The quantitative estimate of drug-likeness (QED) is 0.314. The number of methoxy groups -OCH3 is 1. The standard InChI is InChI=1S/C18H19Cl2IN2O2/c1-11(2)25-18-16(21)7-12(8-17(18)24-3)9-22-23-10-13-14(19)5-4-6-15(13)20/h4-9,11,23H,10H2,1-3H3/b22-9+. The van der Waals surface area contributed by atoms with Crippen molar-refractivity contribution in [3.05, 3.63) is 55.1 Å². The molecule has 4 nitrogen and oxygen atoms in total. The second-order valence-corrected chi connectivity index (χ2v) is 7.47. The zero-order valence-corrected chi connectivity index (χ0v) is 17.8. The van der Waals surface area contributed by atoms with Crippen LogP contribution in [0.2, 0.25) is 10.0 Å². The van der Waals surface area contributed by atoms with Gasteiger partial charge in [-0.2, -0.15) is 5.10 Å². The average molecular weight is 493 g/mol. The predicted octanol–water partition coefficient (Wildman–Crippen LogP) is 5.52. The van der Waals surface area contributed by atoms with Gasteiger partial charge in [0.1, 0.15) is 0 Å². The highest BCUT2D eigenvalue weighted by molar-refractivity contribution is 14.1. The number of ether oxygens (including phenoxy) is 2. The van der Waals surface area contributed by atoms with Crippen LogP contribution in [0.15, 0.2) is 35.4 Å². The van der Waals surface area contributed by atoms with E-state index in [4.69, 9.17) is 32.7 Å². The van der Waals surface area contributed by atoms with E-state index < -0.39 is 0 Å². The number of nitrogens with one attached hydrogen (secondary N) is 1. The van der Waals surface area contributed by atoms with Gasteiger partial charge in [-0.1, -0.05) is 29.3 Å². The molecule has 0 saturated heterocycles. The second kappa shape index (κ2) is 9.50. The van der Waals surface area contributed by atoms with Crippen LogP contribution < -0.4 is 14.9 Å². The third-order valence-corrected chi connectivity index (χ3v) is 4.74. The van der Waals surface area contributed by atoms with Crippen molar-refractivity contribution >= 4 is 52.0 Å². The maximum absolute atomic E-state index is 6.14. The highest BCUT2D eigenvalue weighted by Crippen LogP contribution is 2.34. The first-order valence-electron chi connectivity index (χ1n) is 7.65. The summed E-state index contributed by atoms with van der Waals surface area (Å²) in [4.78, 5) is 0. The zero-order chi connectivity index (χ0) is 18.4. The maximum atomic E-state index is 6.14. The molecule has 0 spiro atoms. The molecule has 0 aliphatic carbocycles. The van der Waals surface area contributed by atoms with Crippen molar-refractivity contribution in [3.8, 4) is 11.5 Å². The summed E-state index contributed by atoms with van der Waals surface area (Å²) in [6.45, 7) is 4.40. The van der Waals surface area contributed by atoms with Crippen molar-refractivity contribution in [2.45, 2.75) is 26.5 Å². The molecule has 0 fully saturated rings. The van der Waals surface area contributed by atoms with Crippen LogP contribution in [0.5, 0.6) is 11.5 Å². The molecule has 0 heterocycles. The molecule has 0 saturated carbocycles. The lowest BCUT2D eigenvalue weighted by atomic mass is 10.2. The Kier molecular flexibility index (Phi) is 7.65. The minimum Gasteiger partial charge on any atom is -0.493 e. The van der Waals surface area contributed by atoms with E-state index in [0.29, 0.717) is 22.3 Å². The van der Waals surface area contributed by atoms with E-state index in [1.807, 2.05) is 32.0 Å². The summed E-state index contributed by atoms with van der Waals surface area (Å²) in [5.74, 6) is 1.42. The largest absolute Gasteiger partial charge is 0.493 e. The number of benzene rings is 2.